The van der Waals surface area contributed by atoms with Crippen molar-refractivity contribution < 1.29 is 21.6 Å². The third-order valence-electron chi connectivity index (χ3n) is 5.24. The van der Waals surface area contributed by atoms with Gasteiger partial charge < -0.3 is 5.32 Å². The predicted octanol–water partition coefficient (Wildman–Crippen LogP) is 1.01. The van der Waals surface area contributed by atoms with Crippen molar-refractivity contribution in [2.75, 3.05) is 32.4 Å². The Kier molecular flexibility index (Phi) is 6.43. The zero-order chi connectivity index (χ0) is 20.4. The molecule has 2 aliphatic rings. The van der Waals surface area contributed by atoms with Crippen LogP contribution in [0.5, 0.6) is 0 Å². The van der Waals surface area contributed by atoms with Crippen LogP contribution in [0.25, 0.3) is 0 Å². The molecule has 2 aliphatic heterocycles. The van der Waals surface area contributed by atoms with Crippen molar-refractivity contribution in [2.24, 2.45) is 0 Å². The molecule has 0 aliphatic carbocycles. The quantitative estimate of drug-likeness (QED) is 0.752. The highest BCUT2D eigenvalue weighted by molar-refractivity contribution is 7.89. The van der Waals surface area contributed by atoms with Crippen molar-refractivity contribution in [3.8, 4) is 0 Å². The van der Waals surface area contributed by atoms with E-state index in [-0.39, 0.29) is 23.0 Å². The number of amides is 1. The van der Waals surface area contributed by atoms with E-state index in [0.717, 1.165) is 25.5 Å². The number of benzene rings is 1. The molecule has 2 heterocycles. The lowest BCUT2D eigenvalue weighted by Gasteiger charge is -2.31. The summed E-state index contributed by atoms with van der Waals surface area (Å²) in [4.78, 5) is 12.8. The number of nitrogens with one attached hydrogen (secondary N) is 1. The number of sulfonamides is 2. The van der Waals surface area contributed by atoms with Crippen molar-refractivity contribution in [3.05, 3.63) is 29.8 Å². The van der Waals surface area contributed by atoms with Crippen molar-refractivity contribution in [3.63, 3.8) is 0 Å². The van der Waals surface area contributed by atoms with E-state index in [1.54, 1.807) is 12.1 Å². The fraction of sp³-hybridized carbons (Fsp3) is 0.611. The standard InChI is InChI=1S/C18H27N3O5S2/c1-27(23,24)21-12-6-8-16(14-21)19-18(22)15-7-5-9-17(13-15)28(25,26)20-10-3-2-4-11-20/h5,7,9,13,16H,2-4,6,8,10-12,14H2,1H3,(H,19,22). The summed E-state index contributed by atoms with van der Waals surface area (Å²) in [6.07, 6.45) is 5.23. The summed E-state index contributed by atoms with van der Waals surface area (Å²) in [5.74, 6) is -0.393. The lowest BCUT2D eigenvalue weighted by Crippen LogP contribution is -2.49. The molecule has 1 unspecified atom stereocenters. The molecule has 0 saturated carbocycles. The van der Waals surface area contributed by atoms with Crippen LogP contribution >= 0.6 is 0 Å². The molecule has 10 heteroatoms. The Morgan fingerprint density at radius 3 is 2.36 bits per heavy atom. The van der Waals surface area contributed by atoms with Crippen molar-refractivity contribution in [1.29, 1.82) is 0 Å². The van der Waals surface area contributed by atoms with Gasteiger partial charge >= 0.3 is 0 Å². The van der Waals surface area contributed by atoms with E-state index in [9.17, 15) is 21.6 Å². The van der Waals surface area contributed by atoms with Crippen LogP contribution in [-0.2, 0) is 20.0 Å². The third kappa shape index (κ3) is 4.91. The van der Waals surface area contributed by atoms with Gasteiger partial charge in [0.05, 0.1) is 11.2 Å². The van der Waals surface area contributed by atoms with E-state index in [2.05, 4.69) is 5.32 Å². The van der Waals surface area contributed by atoms with E-state index in [0.29, 0.717) is 32.5 Å². The van der Waals surface area contributed by atoms with Crippen molar-refractivity contribution in [2.45, 2.75) is 43.0 Å². The van der Waals surface area contributed by atoms with Crippen molar-refractivity contribution >= 4 is 26.0 Å². The van der Waals surface area contributed by atoms with Gasteiger partial charge in [0, 0.05) is 37.8 Å². The molecule has 156 valence electrons. The maximum atomic E-state index is 12.8. The first kappa shape index (κ1) is 21.2. The smallest absolute Gasteiger partial charge is 0.251 e. The van der Waals surface area contributed by atoms with Crippen LogP contribution in [0.4, 0.5) is 0 Å². The van der Waals surface area contributed by atoms with Gasteiger partial charge in [0.1, 0.15) is 0 Å². The molecule has 1 aromatic carbocycles. The van der Waals surface area contributed by atoms with Crippen molar-refractivity contribution in [1.82, 2.24) is 13.9 Å². The van der Waals surface area contributed by atoms with Crippen LogP contribution < -0.4 is 5.32 Å². The summed E-state index contributed by atoms with van der Waals surface area (Å²) in [5.41, 5.74) is 0.259. The zero-order valence-electron chi connectivity index (χ0n) is 16.0. The molecule has 0 bridgehead atoms. The first-order valence-corrected chi connectivity index (χ1v) is 12.8. The van der Waals surface area contributed by atoms with Gasteiger partial charge in [0.2, 0.25) is 20.0 Å². The van der Waals surface area contributed by atoms with Gasteiger partial charge in [-0.3, -0.25) is 4.79 Å². The Morgan fingerprint density at radius 2 is 1.68 bits per heavy atom. The lowest BCUT2D eigenvalue weighted by molar-refractivity contribution is 0.0921. The largest absolute Gasteiger partial charge is 0.348 e. The number of hydrogen-bond acceptors (Lipinski definition) is 5. The average Bonchev–Trinajstić information content (AvgIpc) is 2.68. The molecule has 2 saturated heterocycles. The summed E-state index contributed by atoms with van der Waals surface area (Å²) < 4.78 is 52.0. The van der Waals surface area contributed by atoms with E-state index >= 15 is 0 Å². The number of hydrogen-bond donors (Lipinski definition) is 1. The maximum Gasteiger partial charge on any atom is 0.251 e. The fourth-order valence-electron chi connectivity index (χ4n) is 3.68. The summed E-state index contributed by atoms with van der Waals surface area (Å²) in [6, 6.07) is 5.75. The summed E-state index contributed by atoms with van der Waals surface area (Å²) in [6.45, 7) is 1.69. The Bertz CT molecular complexity index is 924. The van der Waals surface area contributed by atoms with Gasteiger partial charge in [0.25, 0.3) is 5.91 Å². The minimum Gasteiger partial charge on any atom is -0.348 e. The zero-order valence-corrected chi connectivity index (χ0v) is 17.6. The van der Waals surface area contributed by atoms with Crippen LogP contribution in [0.1, 0.15) is 42.5 Å². The molecule has 3 rings (SSSR count). The molecule has 0 aromatic heterocycles. The summed E-state index contributed by atoms with van der Waals surface area (Å²) in [5, 5.41) is 2.84. The van der Waals surface area contributed by atoms with E-state index in [4.69, 9.17) is 0 Å². The van der Waals surface area contributed by atoms with Gasteiger partial charge in [-0.05, 0) is 43.9 Å². The van der Waals surface area contributed by atoms with E-state index in [1.807, 2.05) is 0 Å². The number of rotatable bonds is 5. The van der Waals surface area contributed by atoms with Gasteiger partial charge in [-0.15, -0.1) is 0 Å². The topological polar surface area (TPSA) is 104 Å². The van der Waals surface area contributed by atoms with Gasteiger partial charge in [0.15, 0.2) is 0 Å². The van der Waals surface area contributed by atoms with Crippen LogP contribution in [0.3, 0.4) is 0 Å². The van der Waals surface area contributed by atoms with Crippen LogP contribution in [0.15, 0.2) is 29.2 Å². The molecule has 0 spiro atoms. The average molecular weight is 430 g/mol. The molecule has 2 fully saturated rings. The molecule has 28 heavy (non-hydrogen) atoms. The van der Waals surface area contributed by atoms with Gasteiger partial charge in [-0.1, -0.05) is 12.5 Å². The second-order valence-electron chi connectivity index (χ2n) is 7.43. The molecule has 1 atom stereocenters. The van der Waals surface area contributed by atoms with Crippen LogP contribution in [0.2, 0.25) is 0 Å². The fourth-order valence-corrected chi connectivity index (χ4v) is 6.16. The normalized spacial score (nSPS) is 22.7. The molecule has 0 radical (unpaired) electrons. The van der Waals surface area contributed by atoms with E-state index < -0.39 is 26.0 Å². The monoisotopic (exact) mass is 429 g/mol. The second-order valence-corrected chi connectivity index (χ2v) is 11.3. The molecule has 1 aromatic rings. The minimum absolute atomic E-state index is 0.114. The Hall–Kier alpha value is -1.49. The number of carbonyl (C=O) groups is 1. The van der Waals surface area contributed by atoms with Gasteiger partial charge in [-0.25, -0.2) is 21.1 Å². The molecule has 8 nitrogen and oxygen atoms in total. The maximum absolute atomic E-state index is 12.8. The number of piperidine rings is 2. The predicted molar refractivity (Wildman–Crippen MR) is 106 cm³/mol. The Balaban J connectivity index is 1.72. The SMILES string of the molecule is CS(=O)(=O)N1CCCC(NC(=O)c2cccc(S(=O)(=O)N3CCCCC3)c2)C1. The highest BCUT2D eigenvalue weighted by Crippen LogP contribution is 2.21. The lowest BCUT2D eigenvalue weighted by atomic mass is 10.1. The Labute approximate surface area is 167 Å². The molecular formula is C18H27N3O5S2. The van der Waals surface area contributed by atoms with Crippen LogP contribution in [0, 0.1) is 0 Å². The molecular weight excluding hydrogens is 402 g/mol. The van der Waals surface area contributed by atoms with E-state index in [1.165, 1.54) is 20.7 Å². The third-order valence-corrected chi connectivity index (χ3v) is 8.40. The first-order valence-electron chi connectivity index (χ1n) is 9.54. The first-order chi connectivity index (χ1) is 13.2. The summed E-state index contributed by atoms with van der Waals surface area (Å²) >= 11 is 0. The molecule has 1 N–H and O–H groups in total. The Morgan fingerprint density at radius 1 is 1.00 bits per heavy atom. The highest BCUT2D eigenvalue weighted by Gasteiger charge is 2.29. The van der Waals surface area contributed by atoms with Gasteiger partial charge in [-0.2, -0.15) is 4.31 Å². The highest BCUT2D eigenvalue weighted by atomic mass is 32.2. The second kappa shape index (κ2) is 8.48. The summed E-state index contributed by atoms with van der Waals surface area (Å²) in [7, 11) is -6.91. The minimum atomic E-state index is -3.61. The van der Waals surface area contributed by atoms with Crippen LogP contribution in [-0.4, -0.2) is 69.8 Å². The molecule has 1 amide bonds. The number of nitrogens with zero attached hydrogens (tertiary/aromatic N) is 2. The number of carbonyl (C=O) groups excluding carboxylic acids is 1.